The Kier molecular flexibility index (Phi) is 5.91. The van der Waals surface area contributed by atoms with Crippen molar-refractivity contribution in [2.24, 2.45) is 11.7 Å². The summed E-state index contributed by atoms with van der Waals surface area (Å²) >= 11 is 0. The van der Waals surface area contributed by atoms with Crippen LogP contribution in [0.25, 0.3) is 0 Å². The molecule has 0 bridgehead atoms. The quantitative estimate of drug-likeness (QED) is 0.561. The molecule has 12 heteroatoms. The summed E-state index contributed by atoms with van der Waals surface area (Å²) in [5.74, 6) is -4.67. The van der Waals surface area contributed by atoms with Crippen molar-refractivity contribution in [3.8, 4) is 0 Å². The number of amides is 1. The van der Waals surface area contributed by atoms with Gasteiger partial charge < -0.3 is 15.2 Å². The van der Waals surface area contributed by atoms with Crippen LogP contribution in [0.3, 0.4) is 0 Å². The number of likely N-dealkylation sites (tertiary alicyclic amines) is 1. The summed E-state index contributed by atoms with van der Waals surface area (Å²) in [5.41, 5.74) is 5.81. The Balaban J connectivity index is 1.39. The third kappa shape index (κ3) is 4.32. The van der Waals surface area contributed by atoms with Gasteiger partial charge in [0.2, 0.25) is 11.7 Å². The fourth-order valence-electron chi connectivity index (χ4n) is 4.65. The summed E-state index contributed by atoms with van der Waals surface area (Å²) in [6.07, 6.45) is -3.69. The van der Waals surface area contributed by atoms with Crippen LogP contribution in [0.5, 0.6) is 0 Å². The summed E-state index contributed by atoms with van der Waals surface area (Å²) in [6, 6.07) is -0.120. The third-order valence-corrected chi connectivity index (χ3v) is 6.15. The molecule has 0 saturated carbocycles. The lowest BCUT2D eigenvalue weighted by atomic mass is 9.84. The molecule has 2 aliphatic heterocycles. The largest absolute Gasteiger partial charge is 0.451 e. The Morgan fingerprint density at radius 1 is 1.12 bits per heavy atom. The Bertz CT molecular complexity index is 1020. The summed E-state index contributed by atoms with van der Waals surface area (Å²) in [5, 5.41) is 7.00. The second-order valence-electron chi connectivity index (χ2n) is 8.33. The SMILES string of the molecule is N[C@@H](CC(=O)N1CC[C@H]2[C@H](CCc3nnc(C(F)(F)F)n32)C1)Cc1cc(F)c(F)cc1F. The van der Waals surface area contributed by atoms with E-state index in [0.717, 1.165) is 10.6 Å². The molecule has 1 fully saturated rings. The molecule has 4 rings (SSSR count). The fraction of sp³-hybridized carbons (Fsp3) is 0.550. The Hall–Kier alpha value is -2.63. The average molecular weight is 461 g/mol. The number of halogens is 6. The zero-order valence-corrected chi connectivity index (χ0v) is 16.9. The maximum absolute atomic E-state index is 13.8. The first-order valence-corrected chi connectivity index (χ1v) is 10.2. The van der Waals surface area contributed by atoms with Crippen molar-refractivity contribution in [2.75, 3.05) is 13.1 Å². The van der Waals surface area contributed by atoms with Gasteiger partial charge in [-0.25, -0.2) is 13.2 Å². The predicted octanol–water partition coefficient (Wildman–Crippen LogP) is 3.01. The third-order valence-electron chi connectivity index (χ3n) is 6.15. The van der Waals surface area contributed by atoms with Gasteiger partial charge in [-0.3, -0.25) is 4.79 Å². The molecular formula is C20H21F6N5O. The van der Waals surface area contributed by atoms with Gasteiger partial charge in [0.25, 0.3) is 0 Å². The van der Waals surface area contributed by atoms with Gasteiger partial charge in [0.1, 0.15) is 11.6 Å². The number of nitrogens with zero attached hydrogens (tertiary/aromatic N) is 4. The second-order valence-corrected chi connectivity index (χ2v) is 8.33. The van der Waals surface area contributed by atoms with E-state index in [2.05, 4.69) is 10.2 Å². The fourth-order valence-corrected chi connectivity index (χ4v) is 4.65. The van der Waals surface area contributed by atoms with Gasteiger partial charge in [0, 0.05) is 44.1 Å². The van der Waals surface area contributed by atoms with Crippen molar-refractivity contribution in [1.29, 1.82) is 0 Å². The highest BCUT2D eigenvalue weighted by molar-refractivity contribution is 5.77. The molecule has 0 radical (unpaired) electrons. The topological polar surface area (TPSA) is 77.0 Å². The van der Waals surface area contributed by atoms with Crippen LogP contribution in [0.15, 0.2) is 12.1 Å². The minimum atomic E-state index is -4.61. The van der Waals surface area contributed by atoms with Gasteiger partial charge >= 0.3 is 6.18 Å². The van der Waals surface area contributed by atoms with E-state index in [4.69, 9.17) is 5.73 Å². The minimum Gasteiger partial charge on any atom is -0.342 e. The van der Waals surface area contributed by atoms with E-state index in [1.807, 2.05) is 0 Å². The first kappa shape index (κ1) is 22.6. The molecule has 0 spiro atoms. The van der Waals surface area contributed by atoms with Crippen molar-refractivity contribution < 1.29 is 31.1 Å². The van der Waals surface area contributed by atoms with Gasteiger partial charge in [-0.2, -0.15) is 13.2 Å². The number of carbonyl (C=O) groups excluding carboxylic acids is 1. The lowest BCUT2D eigenvalue weighted by Crippen LogP contribution is -2.48. The van der Waals surface area contributed by atoms with Gasteiger partial charge in [-0.1, -0.05) is 0 Å². The van der Waals surface area contributed by atoms with E-state index < -0.39 is 41.5 Å². The van der Waals surface area contributed by atoms with Crippen molar-refractivity contribution in [2.45, 2.75) is 50.4 Å². The van der Waals surface area contributed by atoms with Crippen LogP contribution >= 0.6 is 0 Å². The van der Waals surface area contributed by atoms with Gasteiger partial charge in [0.15, 0.2) is 11.6 Å². The number of carbonyl (C=O) groups is 1. The second kappa shape index (κ2) is 8.38. The molecule has 2 aliphatic rings. The van der Waals surface area contributed by atoms with Crippen LogP contribution < -0.4 is 5.73 Å². The normalized spacial score (nSPS) is 21.8. The van der Waals surface area contributed by atoms with Crippen LogP contribution in [0.4, 0.5) is 26.3 Å². The molecule has 2 N–H and O–H groups in total. The monoisotopic (exact) mass is 461 g/mol. The highest BCUT2D eigenvalue weighted by Crippen LogP contribution is 2.40. The average Bonchev–Trinajstić information content (AvgIpc) is 3.16. The van der Waals surface area contributed by atoms with E-state index >= 15 is 0 Å². The summed E-state index contributed by atoms with van der Waals surface area (Å²) in [7, 11) is 0. The molecule has 1 aromatic carbocycles. The summed E-state index contributed by atoms with van der Waals surface area (Å²) < 4.78 is 81.3. The summed E-state index contributed by atoms with van der Waals surface area (Å²) in [6.45, 7) is 0.506. The first-order chi connectivity index (χ1) is 15.0. The predicted molar refractivity (Wildman–Crippen MR) is 99.7 cm³/mol. The zero-order valence-electron chi connectivity index (χ0n) is 16.9. The molecule has 1 saturated heterocycles. The molecular weight excluding hydrogens is 440 g/mol. The molecule has 174 valence electrons. The van der Waals surface area contributed by atoms with E-state index in [-0.39, 0.29) is 43.3 Å². The molecule has 1 amide bonds. The van der Waals surface area contributed by atoms with Crippen molar-refractivity contribution in [3.05, 3.63) is 46.8 Å². The van der Waals surface area contributed by atoms with Crippen LogP contribution in [0, 0.1) is 23.4 Å². The Morgan fingerprint density at radius 3 is 2.56 bits per heavy atom. The molecule has 3 atom stereocenters. The van der Waals surface area contributed by atoms with Crippen LogP contribution in [0.2, 0.25) is 0 Å². The first-order valence-electron chi connectivity index (χ1n) is 10.2. The van der Waals surface area contributed by atoms with Gasteiger partial charge in [-0.15, -0.1) is 10.2 Å². The highest BCUT2D eigenvalue weighted by atomic mass is 19.4. The maximum Gasteiger partial charge on any atom is 0.451 e. The standard InChI is InChI=1S/C20H21F6N5O/c21-13-8-15(23)14(22)6-11(13)5-12(27)7-18(32)30-4-3-16-10(9-30)1-2-17-28-29-19(31(16)17)20(24,25)26/h6,8,10,12,16H,1-5,7,9,27H2/t10-,12-,16+/m1/s1. The molecule has 3 heterocycles. The number of hydrogen-bond donors (Lipinski definition) is 1. The smallest absolute Gasteiger partial charge is 0.342 e. The van der Waals surface area contributed by atoms with Gasteiger partial charge in [0.05, 0.1) is 0 Å². The number of aryl methyl sites for hydroxylation is 1. The van der Waals surface area contributed by atoms with Crippen molar-refractivity contribution >= 4 is 5.91 Å². The van der Waals surface area contributed by atoms with E-state index in [1.165, 1.54) is 0 Å². The van der Waals surface area contributed by atoms with Gasteiger partial charge in [-0.05, 0) is 36.8 Å². The lowest BCUT2D eigenvalue weighted by Gasteiger charge is -2.42. The number of aromatic nitrogens is 3. The van der Waals surface area contributed by atoms with Crippen LogP contribution in [-0.4, -0.2) is 44.7 Å². The number of piperidine rings is 1. The molecule has 32 heavy (non-hydrogen) atoms. The van der Waals surface area contributed by atoms with E-state index in [1.54, 1.807) is 4.90 Å². The van der Waals surface area contributed by atoms with Crippen LogP contribution in [0.1, 0.15) is 42.5 Å². The number of nitrogens with two attached hydrogens (primary N) is 1. The van der Waals surface area contributed by atoms with Crippen LogP contribution in [-0.2, 0) is 23.8 Å². The zero-order chi connectivity index (χ0) is 23.2. The van der Waals surface area contributed by atoms with Crippen molar-refractivity contribution in [3.63, 3.8) is 0 Å². The molecule has 1 aromatic heterocycles. The molecule has 2 aromatic rings. The number of hydrogen-bond acceptors (Lipinski definition) is 4. The highest BCUT2D eigenvalue weighted by Gasteiger charge is 2.45. The molecule has 6 nitrogen and oxygen atoms in total. The summed E-state index contributed by atoms with van der Waals surface area (Å²) in [4.78, 5) is 14.3. The number of benzene rings is 1. The Morgan fingerprint density at radius 2 is 1.84 bits per heavy atom. The maximum atomic E-state index is 13.8. The van der Waals surface area contributed by atoms with E-state index in [0.29, 0.717) is 31.2 Å². The lowest BCUT2D eigenvalue weighted by molar-refractivity contribution is -0.150. The van der Waals surface area contributed by atoms with Crippen molar-refractivity contribution in [1.82, 2.24) is 19.7 Å². The number of rotatable bonds is 4. The Labute approximate surface area is 179 Å². The number of fused-ring (bicyclic) bond motifs is 3. The molecule has 0 aliphatic carbocycles. The molecule has 0 unspecified atom stereocenters. The van der Waals surface area contributed by atoms with E-state index in [9.17, 15) is 31.1 Å². The minimum absolute atomic E-state index is 0.130. The number of alkyl halides is 3.